The monoisotopic (exact) mass is 493 g/mol. The van der Waals surface area contributed by atoms with Crippen molar-refractivity contribution in [2.75, 3.05) is 5.73 Å². The van der Waals surface area contributed by atoms with Crippen LogP contribution in [0.3, 0.4) is 0 Å². The van der Waals surface area contributed by atoms with Gasteiger partial charge in [0.15, 0.2) is 0 Å². The van der Waals surface area contributed by atoms with Crippen LogP contribution in [0.5, 0.6) is 0 Å². The number of H-pyrrole nitrogens is 1. The summed E-state index contributed by atoms with van der Waals surface area (Å²) >= 11 is 0. The minimum Gasteiger partial charge on any atom is -0.378 e. The highest BCUT2D eigenvalue weighted by atomic mass is 16.3. The number of hydrogen-bond acceptors (Lipinski definition) is 5. The first kappa shape index (κ1) is 24.5. The molecule has 7 heteroatoms. The predicted octanol–water partition coefficient (Wildman–Crippen LogP) is 5.06. The van der Waals surface area contributed by atoms with Gasteiger partial charge in [-0.2, -0.15) is 0 Å². The number of amides is 1. The first-order valence-electron chi connectivity index (χ1n) is 12.5. The highest BCUT2D eigenvalue weighted by Crippen LogP contribution is 2.38. The normalized spacial score (nSPS) is 14.8. The summed E-state index contributed by atoms with van der Waals surface area (Å²) < 4.78 is 0. The number of rotatable bonds is 3. The predicted molar refractivity (Wildman–Crippen MR) is 147 cm³/mol. The first-order valence-corrected chi connectivity index (χ1v) is 12.5. The molecule has 2 aromatic carbocycles. The molecule has 0 spiro atoms. The average Bonchev–Trinajstić information content (AvgIpc) is 3.45. The number of hydrogen-bond donors (Lipinski definition) is 4. The van der Waals surface area contributed by atoms with Gasteiger partial charge in [0.25, 0.3) is 5.91 Å². The smallest absolute Gasteiger partial charge is 0.251 e. The summed E-state index contributed by atoms with van der Waals surface area (Å²) in [5.41, 5.74) is 10.4. The second kappa shape index (κ2) is 9.38. The molecule has 0 aliphatic heterocycles. The lowest BCUT2D eigenvalue weighted by molar-refractivity contribution is 0.0919. The van der Waals surface area contributed by atoms with Crippen molar-refractivity contribution in [3.05, 3.63) is 65.9 Å². The van der Waals surface area contributed by atoms with Crippen molar-refractivity contribution < 1.29 is 9.90 Å². The molecule has 1 aliphatic rings. The van der Waals surface area contributed by atoms with Crippen LogP contribution in [-0.4, -0.2) is 37.1 Å². The fourth-order valence-corrected chi connectivity index (χ4v) is 4.74. The molecule has 1 amide bonds. The summed E-state index contributed by atoms with van der Waals surface area (Å²) in [4.78, 5) is 24.7. The minimum absolute atomic E-state index is 0.119. The van der Waals surface area contributed by atoms with Crippen LogP contribution in [0.1, 0.15) is 62.4 Å². The number of nitrogens with zero attached hydrogens (tertiary/aromatic N) is 2. The summed E-state index contributed by atoms with van der Waals surface area (Å²) in [5.74, 6) is 6.34. The second-order valence-electron chi connectivity index (χ2n) is 10.7. The van der Waals surface area contributed by atoms with Crippen LogP contribution in [0.2, 0.25) is 0 Å². The maximum atomic E-state index is 12.6. The van der Waals surface area contributed by atoms with Crippen molar-refractivity contribution in [3.63, 3.8) is 0 Å². The minimum atomic E-state index is -0.900. The SMILES string of the molecule is CC(C)(C)NC(=O)c1ccc(-c2[nH]c3ccc(C#CC4(O)CCCC4)cc3c2-c2ccnc(N)n2)cc1. The lowest BCUT2D eigenvalue weighted by atomic mass is 9.99. The van der Waals surface area contributed by atoms with Gasteiger partial charge in [0.05, 0.1) is 11.4 Å². The number of aliphatic hydroxyl groups is 1. The van der Waals surface area contributed by atoms with Gasteiger partial charge >= 0.3 is 0 Å². The van der Waals surface area contributed by atoms with E-state index < -0.39 is 5.60 Å². The van der Waals surface area contributed by atoms with Gasteiger partial charge in [0, 0.05) is 39.3 Å². The Bertz CT molecular complexity index is 1530. The summed E-state index contributed by atoms with van der Waals surface area (Å²) in [6.07, 6.45) is 5.07. The Balaban J connectivity index is 1.60. The Hall–Kier alpha value is -4.15. The molecular weight excluding hydrogens is 462 g/mol. The number of carbonyl (C=O) groups is 1. The largest absolute Gasteiger partial charge is 0.378 e. The van der Waals surface area contributed by atoms with Gasteiger partial charge in [-0.15, -0.1) is 0 Å². The van der Waals surface area contributed by atoms with E-state index >= 15 is 0 Å². The van der Waals surface area contributed by atoms with Crippen LogP contribution in [0.4, 0.5) is 5.95 Å². The van der Waals surface area contributed by atoms with E-state index in [-0.39, 0.29) is 17.4 Å². The molecule has 0 saturated heterocycles. The molecule has 0 atom stereocenters. The van der Waals surface area contributed by atoms with Gasteiger partial charge in [-0.05, 0) is 88.4 Å². The standard InChI is InChI=1S/C30H31N5O2/c1-29(2,3)35-27(36)21-9-7-20(8-10-21)26-25(24-13-17-32-28(31)34-24)22-18-19(6-11-23(22)33-26)12-16-30(37)14-4-5-15-30/h6-11,13,17-18,33,37H,4-5,14-15H2,1-3H3,(H,35,36)(H2,31,32,34). The van der Waals surface area contributed by atoms with Crippen LogP contribution >= 0.6 is 0 Å². The lowest BCUT2D eigenvalue weighted by Crippen LogP contribution is -2.40. The Morgan fingerprint density at radius 1 is 1.11 bits per heavy atom. The highest BCUT2D eigenvalue weighted by molar-refractivity contribution is 6.04. The van der Waals surface area contributed by atoms with Gasteiger partial charge in [0.2, 0.25) is 5.95 Å². The van der Waals surface area contributed by atoms with Crippen molar-refractivity contribution in [1.29, 1.82) is 0 Å². The van der Waals surface area contributed by atoms with Gasteiger partial charge in [0.1, 0.15) is 5.60 Å². The number of aromatic nitrogens is 3. The van der Waals surface area contributed by atoms with E-state index in [0.717, 1.165) is 46.1 Å². The number of carbonyl (C=O) groups excluding carboxylic acids is 1. The van der Waals surface area contributed by atoms with Crippen molar-refractivity contribution >= 4 is 22.8 Å². The molecule has 37 heavy (non-hydrogen) atoms. The van der Waals surface area contributed by atoms with Crippen molar-refractivity contribution in [2.24, 2.45) is 0 Å². The molecule has 4 aromatic rings. The Labute approximate surface area is 216 Å². The van der Waals surface area contributed by atoms with Crippen LogP contribution in [0.25, 0.3) is 33.4 Å². The second-order valence-corrected chi connectivity index (χ2v) is 10.7. The third kappa shape index (κ3) is 5.35. The number of anilines is 1. The number of benzene rings is 2. The van der Waals surface area contributed by atoms with Gasteiger partial charge in [-0.3, -0.25) is 4.79 Å². The highest BCUT2D eigenvalue weighted by Gasteiger charge is 2.28. The van der Waals surface area contributed by atoms with E-state index in [1.807, 2.05) is 69.3 Å². The lowest BCUT2D eigenvalue weighted by Gasteiger charge is -2.20. The van der Waals surface area contributed by atoms with Crippen LogP contribution in [0, 0.1) is 11.8 Å². The Kier molecular flexibility index (Phi) is 6.22. The fraction of sp³-hybridized carbons (Fsp3) is 0.300. The van der Waals surface area contributed by atoms with Crippen molar-refractivity contribution in [3.8, 4) is 34.4 Å². The first-order chi connectivity index (χ1) is 17.6. The van der Waals surface area contributed by atoms with Gasteiger partial charge in [-0.1, -0.05) is 24.0 Å². The molecule has 1 saturated carbocycles. The number of aromatic amines is 1. The summed E-state index contributed by atoms with van der Waals surface area (Å²) in [5, 5.41) is 14.6. The zero-order chi connectivity index (χ0) is 26.2. The van der Waals surface area contributed by atoms with Gasteiger partial charge in [-0.25, -0.2) is 9.97 Å². The van der Waals surface area contributed by atoms with E-state index in [1.165, 1.54) is 0 Å². The molecule has 2 heterocycles. The maximum Gasteiger partial charge on any atom is 0.251 e. The number of nitrogens with one attached hydrogen (secondary N) is 2. The van der Waals surface area contributed by atoms with Crippen molar-refractivity contribution in [1.82, 2.24) is 20.3 Å². The molecule has 0 bridgehead atoms. The quantitative estimate of drug-likeness (QED) is 0.298. The van der Waals surface area contributed by atoms with E-state index in [4.69, 9.17) is 5.73 Å². The summed E-state index contributed by atoms with van der Waals surface area (Å²) in [7, 11) is 0. The number of fused-ring (bicyclic) bond motifs is 1. The molecule has 0 unspecified atom stereocenters. The van der Waals surface area contributed by atoms with Crippen LogP contribution in [0.15, 0.2) is 54.7 Å². The Morgan fingerprint density at radius 3 is 2.51 bits per heavy atom. The molecule has 7 nitrogen and oxygen atoms in total. The van der Waals surface area contributed by atoms with Crippen LogP contribution < -0.4 is 11.1 Å². The number of nitrogens with two attached hydrogens (primary N) is 1. The molecule has 188 valence electrons. The summed E-state index contributed by atoms with van der Waals surface area (Å²) in [6.45, 7) is 5.86. The zero-order valence-electron chi connectivity index (χ0n) is 21.4. The maximum absolute atomic E-state index is 12.6. The average molecular weight is 494 g/mol. The van der Waals surface area contributed by atoms with Crippen LogP contribution in [-0.2, 0) is 0 Å². The molecule has 1 aliphatic carbocycles. The zero-order valence-corrected chi connectivity index (χ0v) is 21.4. The Morgan fingerprint density at radius 2 is 1.84 bits per heavy atom. The number of nitrogen functional groups attached to an aromatic ring is 1. The summed E-state index contributed by atoms with van der Waals surface area (Å²) in [6, 6.07) is 15.3. The molecular formula is C30H31N5O2. The molecule has 0 radical (unpaired) electrons. The fourth-order valence-electron chi connectivity index (χ4n) is 4.74. The van der Waals surface area contributed by atoms with E-state index in [2.05, 4.69) is 32.1 Å². The van der Waals surface area contributed by atoms with E-state index in [0.29, 0.717) is 24.1 Å². The third-order valence-electron chi connectivity index (χ3n) is 6.52. The topological polar surface area (TPSA) is 117 Å². The molecule has 1 fully saturated rings. The molecule has 5 N–H and O–H groups in total. The third-order valence-corrected chi connectivity index (χ3v) is 6.52. The van der Waals surface area contributed by atoms with Crippen molar-refractivity contribution in [2.45, 2.75) is 57.6 Å². The molecule has 2 aromatic heterocycles. The van der Waals surface area contributed by atoms with E-state index in [1.54, 1.807) is 6.20 Å². The van der Waals surface area contributed by atoms with E-state index in [9.17, 15) is 9.90 Å². The van der Waals surface area contributed by atoms with Gasteiger partial charge < -0.3 is 21.1 Å². The molecule has 5 rings (SSSR count).